The first-order chi connectivity index (χ1) is 13.1. The van der Waals surface area contributed by atoms with Crippen molar-refractivity contribution in [2.24, 2.45) is 0 Å². The normalized spacial score (nSPS) is 26.5. The van der Waals surface area contributed by atoms with Gasteiger partial charge in [0.2, 0.25) is 12.4 Å². The second-order valence-electron chi connectivity index (χ2n) is 5.77. The van der Waals surface area contributed by atoms with Crippen molar-refractivity contribution in [3.8, 4) is 0 Å². The molecule has 0 aliphatic carbocycles. The van der Waals surface area contributed by atoms with E-state index >= 15 is 0 Å². The van der Waals surface area contributed by atoms with E-state index in [1.165, 1.54) is 0 Å². The lowest BCUT2D eigenvalue weighted by Gasteiger charge is -2.43. The highest BCUT2D eigenvalue weighted by Gasteiger charge is 2.55. The van der Waals surface area contributed by atoms with Crippen LogP contribution >= 0.6 is 0 Å². The number of hydrogen-bond acceptors (Lipinski definition) is 11. The number of rotatable bonds is 7. The molecule has 12 heteroatoms. The molecule has 0 saturated carbocycles. The van der Waals surface area contributed by atoms with Crippen LogP contribution in [-0.4, -0.2) is 78.7 Å². The minimum absolute atomic E-state index is 0.144. The molecule has 0 aromatic heterocycles. The van der Waals surface area contributed by atoms with Gasteiger partial charge in [0.05, 0.1) is 6.61 Å². The first-order valence-corrected chi connectivity index (χ1v) is 8.29. The number of aliphatic hydroxyl groups is 1. The summed E-state index contributed by atoms with van der Waals surface area (Å²) in [6.45, 7) is 3.67. The number of ether oxygens (including phenoxy) is 5. The SMILES string of the molecule is CC(=O)O[C@@H]1O[C@H](C(=O)NCCO)[C@@H](OC(C)=O)[C@H](OC(C)=O)[C@H]1OC(C)=O. The van der Waals surface area contributed by atoms with Gasteiger partial charge in [-0.3, -0.25) is 24.0 Å². The highest BCUT2D eigenvalue weighted by Crippen LogP contribution is 2.29. The van der Waals surface area contributed by atoms with Gasteiger partial charge in [-0.2, -0.15) is 0 Å². The molecule has 1 aliphatic heterocycles. The van der Waals surface area contributed by atoms with Crippen molar-refractivity contribution >= 4 is 29.8 Å². The Morgan fingerprint density at radius 3 is 1.71 bits per heavy atom. The lowest BCUT2D eigenvalue weighted by atomic mass is 9.97. The van der Waals surface area contributed by atoms with E-state index in [4.69, 9.17) is 28.8 Å². The maximum absolute atomic E-state index is 12.4. The van der Waals surface area contributed by atoms with Crippen LogP contribution in [0.15, 0.2) is 0 Å². The van der Waals surface area contributed by atoms with E-state index in [1.807, 2.05) is 0 Å². The van der Waals surface area contributed by atoms with E-state index in [9.17, 15) is 24.0 Å². The van der Waals surface area contributed by atoms with Gasteiger partial charge in [0.15, 0.2) is 18.3 Å². The van der Waals surface area contributed by atoms with Gasteiger partial charge in [-0.1, -0.05) is 0 Å². The zero-order chi connectivity index (χ0) is 21.4. The summed E-state index contributed by atoms with van der Waals surface area (Å²) in [6, 6.07) is 0. The van der Waals surface area contributed by atoms with Crippen molar-refractivity contribution < 1.29 is 52.8 Å². The highest BCUT2D eigenvalue weighted by atomic mass is 16.7. The molecule has 0 aromatic carbocycles. The van der Waals surface area contributed by atoms with Gasteiger partial charge in [-0.05, 0) is 0 Å². The van der Waals surface area contributed by atoms with E-state index in [-0.39, 0.29) is 13.2 Å². The van der Waals surface area contributed by atoms with Crippen molar-refractivity contribution in [3.05, 3.63) is 0 Å². The molecule has 1 saturated heterocycles. The quantitative estimate of drug-likeness (QED) is 0.362. The number of esters is 4. The van der Waals surface area contributed by atoms with E-state index in [0.29, 0.717) is 0 Å². The molecule has 1 aliphatic rings. The van der Waals surface area contributed by atoms with Crippen molar-refractivity contribution in [2.45, 2.75) is 58.4 Å². The van der Waals surface area contributed by atoms with Crippen LogP contribution in [0.1, 0.15) is 27.7 Å². The molecule has 158 valence electrons. The summed E-state index contributed by atoms with van der Waals surface area (Å²) in [7, 11) is 0. The fourth-order valence-electron chi connectivity index (χ4n) is 2.52. The van der Waals surface area contributed by atoms with Crippen LogP contribution in [0.5, 0.6) is 0 Å². The summed E-state index contributed by atoms with van der Waals surface area (Å²) >= 11 is 0. The molecule has 0 radical (unpaired) electrons. The van der Waals surface area contributed by atoms with Crippen molar-refractivity contribution in [1.82, 2.24) is 5.32 Å². The van der Waals surface area contributed by atoms with Crippen LogP contribution in [0.3, 0.4) is 0 Å². The van der Waals surface area contributed by atoms with Crippen LogP contribution in [0, 0.1) is 0 Å². The summed E-state index contributed by atoms with van der Waals surface area (Å²) in [5.74, 6) is -4.16. The number of carbonyl (C=O) groups excluding carboxylic acids is 5. The van der Waals surface area contributed by atoms with Gasteiger partial charge >= 0.3 is 23.9 Å². The zero-order valence-electron chi connectivity index (χ0n) is 15.8. The van der Waals surface area contributed by atoms with Gasteiger partial charge < -0.3 is 34.1 Å². The van der Waals surface area contributed by atoms with Gasteiger partial charge in [-0.25, -0.2) is 0 Å². The van der Waals surface area contributed by atoms with E-state index < -0.39 is 60.5 Å². The largest absolute Gasteiger partial charge is 0.455 e. The average Bonchev–Trinajstić information content (AvgIpc) is 2.55. The molecule has 28 heavy (non-hydrogen) atoms. The third-order valence-electron chi connectivity index (χ3n) is 3.35. The molecule has 1 heterocycles. The first kappa shape index (κ1) is 23.3. The Balaban J connectivity index is 3.36. The molecule has 0 bridgehead atoms. The summed E-state index contributed by atoms with van der Waals surface area (Å²) in [4.78, 5) is 58.4. The predicted octanol–water partition coefficient (Wildman–Crippen LogP) is -1.82. The van der Waals surface area contributed by atoms with Gasteiger partial charge in [0, 0.05) is 34.2 Å². The molecule has 5 atom stereocenters. The molecular formula is C16H23NO11. The Morgan fingerprint density at radius 1 is 0.786 bits per heavy atom. The van der Waals surface area contributed by atoms with Gasteiger partial charge in [0.1, 0.15) is 0 Å². The van der Waals surface area contributed by atoms with E-state index in [1.54, 1.807) is 0 Å². The number of aliphatic hydroxyl groups excluding tert-OH is 1. The minimum Gasteiger partial charge on any atom is -0.455 e. The lowest BCUT2D eigenvalue weighted by Crippen LogP contribution is -2.65. The molecule has 1 fully saturated rings. The second-order valence-corrected chi connectivity index (χ2v) is 5.77. The molecule has 0 spiro atoms. The number of amides is 1. The molecule has 0 unspecified atom stereocenters. The second kappa shape index (κ2) is 10.6. The highest BCUT2D eigenvalue weighted by molar-refractivity contribution is 5.82. The number of carbonyl (C=O) groups is 5. The molecule has 1 amide bonds. The fourth-order valence-corrected chi connectivity index (χ4v) is 2.52. The molecule has 0 aromatic rings. The third-order valence-corrected chi connectivity index (χ3v) is 3.35. The Kier molecular flexibility index (Phi) is 8.79. The third kappa shape index (κ3) is 6.78. The monoisotopic (exact) mass is 405 g/mol. The standard InChI is InChI=1S/C16H23NO11/c1-7(19)24-11-12(25-8(2)20)14(26-9(3)21)16(27-10(4)22)28-13(11)15(23)17-5-6-18/h11-14,16,18H,5-6H2,1-4H3,(H,17,23)/t11-,12-,13-,14+,16+/m0/s1. The van der Waals surface area contributed by atoms with Crippen LogP contribution in [0.2, 0.25) is 0 Å². The summed E-state index contributed by atoms with van der Waals surface area (Å²) < 4.78 is 25.6. The topological polar surface area (TPSA) is 164 Å². The maximum atomic E-state index is 12.4. The van der Waals surface area contributed by atoms with E-state index in [0.717, 1.165) is 27.7 Å². The Bertz CT molecular complexity index is 620. The van der Waals surface area contributed by atoms with Crippen molar-refractivity contribution in [2.75, 3.05) is 13.2 Å². The van der Waals surface area contributed by atoms with Gasteiger partial charge in [-0.15, -0.1) is 0 Å². The smallest absolute Gasteiger partial charge is 0.305 e. The first-order valence-electron chi connectivity index (χ1n) is 8.29. The fraction of sp³-hybridized carbons (Fsp3) is 0.688. The minimum atomic E-state index is -1.62. The predicted molar refractivity (Wildman–Crippen MR) is 87.2 cm³/mol. The van der Waals surface area contributed by atoms with E-state index in [2.05, 4.69) is 5.32 Å². The summed E-state index contributed by atoms with van der Waals surface area (Å²) in [5.41, 5.74) is 0. The van der Waals surface area contributed by atoms with Gasteiger partial charge in [0.25, 0.3) is 5.91 Å². The van der Waals surface area contributed by atoms with Crippen LogP contribution in [0.25, 0.3) is 0 Å². The Morgan fingerprint density at radius 2 is 1.25 bits per heavy atom. The Labute approximate surface area is 160 Å². The molecule has 1 rings (SSSR count). The van der Waals surface area contributed by atoms with Crippen molar-refractivity contribution in [1.29, 1.82) is 0 Å². The summed E-state index contributed by atoms with van der Waals surface area (Å²) in [6.07, 6.45) is -7.74. The molecule has 12 nitrogen and oxygen atoms in total. The zero-order valence-corrected chi connectivity index (χ0v) is 15.8. The average molecular weight is 405 g/mol. The van der Waals surface area contributed by atoms with Crippen molar-refractivity contribution in [3.63, 3.8) is 0 Å². The Hall–Kier alpha value is -2.73. The molecular weight excluding hydrogens is 382 g/mol. The molecule has 2 N–H and O–H groups in total. The number of hydrogen-bond donors (Lipinski definition) is 2. The summed E-state index contributed by atoms with van der Waals surface area (Å²) in [5, 5.41) is 11.2. The number of nitrogens with one attached hydrogen (secondary N) is 1. The van der Waals surface area contributed by atoms with Crippen LogP contribution < -0.4 is 5.32 Å². The lowest BCUT2D eigenvalue weighted by molar-refractivity contribution is -0.290. The van der Waals surface area contributed by atoms with Crippen LogP contribution in [0.4, 0.5) is 0 Å². The van der Waals surface area contributed by atoms with Crippen LogP contribution in [-0.2, 0) is 47.7 Å². The maximum Gasteiger partial charge on any atom is 0.305 e.